The smallest absolute Gasteiger partial charge is 0.325 e. The summed E-state index contributed by atoms with van der Waals surface area (Å²) in [5.41, 5.74) is 1.62. The third kappa shape index (κ3) is 3.32. The number of carbonyl (C=O) groups is 2. The summed E-state index contributed by atoms with van der Waals surface area (Å²) in [6.07, 6.45) is 0. The molecular formula is C14H19NO3. The highest BCUT2D eigenvalue weighted by molar-refractivity contribution is 5.97. The molecule has 98 valence electrons. The number of methoxy groups -OCH3 is 1. The van der Waals surface area contributed by atoms with E-state index in [1.54, 1.807) is 13.1 Å². The molecule has 0 aromatic heterocycles. The predicted octanol–water partition coefficient (Wildman–Crippen LogP) is 2.05. The second-order valence-electron chi connectivity index (χ2n) is 4.48. The lowest BCUT2D eigenvalue weighted by molar-refractivity contribution is -0.141. The molecule has 0 heterocycles. The molecule has 1 amide bonds. The average molecular weight is 249 g/mol. The van der Waals surface area contributed by atoms with Gasteiger partial charge in [-0.15, -0.1) is 0 Å². The fourth-order valence-electron chi connectivity index (χ4n) is 1.73. The first-order valence-electron chi connectivity index (χ1n) is 5.88. The Kier molecular flexibility index (Phi) is 4.89. The third-order valence-electron chi connectivity index (χ3n) is 2.75. The minimum Gasteiger partial charge on any atom is -0.468 e. The molecule has 1 aromatic carbocycles. The molecule has 0 radical (unpaired) electrons. The number of benzene rings is 1. The minimum atomic E-state index is -0.423. The normalized spacial score (nSPS) is 10.3. The molecule has 0 spiro atoms. The van der Waals surface area contributed by atoms with Gasteiger partial charge < -0.3 is 9.64 Å². The Balaban J connectivity index is 2.93. The van der Waals surface area contributed by atoms with E-state index in [4.69, 9.17) is 0 Å². The van der Waals surface area contributed by atoms with Crippen molar-refractivity contribution in [2.45, 2.75) is 19.8 Å². The van der Waals surface area contributed by atoms with Crippen LogP contribution in [0.4, 0.5) is 0 Å². The highest BCUT2D eigenvalue weighted by Crippen LogP contribution is 2.20. The summed E-state index contributed by atoms with van der Waals surface area (Å²) >= 11 is 0. The first kappa shape index (κ1) is 14.2. The molecule has 0 fully saturated rings. The van der Waals surface area contributed by atoms with Gasteiger partial charge >= 0.3 is 5.97 Å². The Morgan fingerprint density at radius 2 is 1.89 bits per heavy atom. The fraction of sp³-hybridized carbons (Fsp3) is 0.429. The molecule has 4 nitrogen and oxygen atoms in total. The van der Waals surface area contributed by atoms with Crippen molar-refractivity contribution < 1.29 is 14.3 Å². The summed E-state index contributed by atoms with van der Waals surface area (Å²) < 4.78 is 4.55. The van der Waals surface area contributed by atoms with Crippen LogP contribution in [0.2, 0.25) is 0 Å². The largest absolute Gasteiger partial charge is 0.468 e. The van der Waals surface area contributed by atoms with Gasteiger partial charge in [-0.25, -0.2) is 0 Å². The molecule has 0 atom stereocenters. The van der Waals surface area contributed by atoms with Crippen molar-refractivity contribution in [1.82, 2.24) is 4.90 Å². The standard InChI is InChI=1S/C14H19NO3/c1-10(2)11-7-5-6-8-12(11)14(17)15(3)9-13(16)18-4/h5-8,10H,9H2,1-4H3. The quantitative estimate of drug-likeness (QED) is 0.767. The maximum absolute atomic E-state index is 12.2. The summed E-state index contributed by atoms with van der Waals surface area (Å²) in [7, 11) is 2.90. The zero-order valence-corrected chi connectivity index (χ0v) is 11.3. The first-order chi connectivity index (χ1) is 8.47. The number of rotatable bonds is 4. The Bertz CT molecular complexity index is 440. The van der Waals surface area contributed by atoms with Gasteiger partial charge in [-0.1, -0.05) is 32.0 Å². The second kappa shape index (κ2) is 6.19. The molecule has 0 saturated heterocycles. The molecule has 0 N–H and O–H groups in total. The number of carbonyl (C=O) groups excluding carboxylic acids is 2. The molecule has 1 rings (SSSR count). The van der Waals surface area contributed by atoms with Gasteiger partial charge in [0.05, 0.1) is 7.11 Å². The number of esters is 1. The highest BCUT2D eigenvalue weighted by atomic mass is 16.5. The van der Waals surface area contributed by atoms with E-state index in [2.05, 4.69) is 4.74 Å². The van der Waals surface area contributed by atoms with E-state index in [9.17, 15) is 9.59 Å². The summed E-state index contributed by atoms with van der Waals surface area (Å²) in [6, 6.07) is 7.45. The van der Waals surface area contributed by atoms with Crippen LogP contribution in [0.5, 0.6) is 0 Å². The monoisotopic (exact) mass is 249 g/mol. The van der Waals surface area contributed by atoms with Crippen molar-refractivity contribution in [3.05, 3.63) is 35.4 Å². The van der Waals surface area contributed by atoms with Crippen LogP contribution in [0.15, 0.2) is 24.3 Å². The van der Waals surface area contributed by atoms with Gasteiger partial charge in [0.2, 0.25) is 0 Å². The molecule has 0 aliphatic carbocycles. The molecule has 4 heteroatoms. The average Bonchev–Trinajstić information content (AvgIpc) is 2.37. The van der Waals surface area contributed by atoms with Crippen molar-refractivity contribution in [1.29, 1.82) is 0 Å². The SMILES string of the molecule is COC(=O)CN(C)C(=O)c1ccccc1C(C)C. The maximum Gasteiger partial charge on any atom is 0.325 e. The lowest BCUT2D eigenvalue weighted by atomic mass is 9.96. The molecule has 1 aromatic rings. The second-order valence-corrected chi connectivity index (χ2v) is 4.48. The Morgan fingerprint density at radius 1 is 1.28 bits per heavy atom. The van der Waals surface area contributed by atoms with E-state index in [0.29, 0.717) is 5.56 Å². The van der Waals surface area contributed by atoms with E-state index in [0.717, 1.165) is 5.56 Å². The number of hydrogen-bond donors (Lipinski definition) is 0. The summed E-state index contributed by atoms with van der Waals surface area (Å²) in [5, 5.41) is 0. The molecule has 0 aliphatic rings. The number of likely N-dealkylation sites (N-methyl/N-ethyl adjacent to an activating group) is 1. The van der Waals surface area contributed by atoms with Gasteiger partial charge in [0.1, 0.15) is 6.54 Å². The zero-order valence-electron chi connectivity index (χ0n) is 11.3. The number of nitrogens with zero attached hydrogens (tertiary/aromatic N) is 1. The molecular weight excluding hydrogens is 230 g/mol. The van der Waals surface area contributed by atoms with E-state index in [1.807, 2.05) is 32.0 Å². The highest BCUT2D eigenvalue weighted by Gasteiger charge is 2.18. The third-order valence-corrected chi connectivity index (χ3v) is 2.75. The van der Waals surface area contributed by atoms with Gasteiger partial charge in [0, 0.05) is 12.6 Å². The van der Waals surface area contributed by atoms with Crippen molar-refractivity contribution in [3.8, 4) is 0 Å². The van der Waals surface area contributed by atoms with Crippen molar-refractivity contribution in [3.63, 3.8) is 0 Å². The number of amides is 1. The summed E-state index contributed by atoms with van der Waals surface area (Å²) in [4.78, 5) is 24.8. The van der Waals surface area contributed by atoms with Crippen LogP contribution in [0.1, 0.15) is 35.7 Å². The number of ether oxygens (including phenoxy) is 1. The maximum atomic E-state index is 12.2. The van der Waals surface area contributed by atoms with Crippen LogP contribution in [0.3, 0.4) is 0 Å². The molecule has 0 bridgehead atoms. The van der Waals surface area contributed by atoms with Crippen molar-refractivity contribution in [2.24, 2.45) is 0 Å². The van der Waals surface area contributed by atoms with E-state index in [1.165, 1.54) is 12.0 Å². The Labute approximate surface area is 108 Å². The van der Waals surface area contributed by atoms with Crippen LogP contribution in [-0.4, -0.2) is 37.5 Å². The van der Waals surface area contributed by atoms with E-state index in [-0.39, 0.29) is 18.4 Å². The number of hydrogen-bond acceptors (Lipinski definition) is 3. The van der Waals surface area contributed by atoms with E-state index < -0.39 is 5.97 Å². The van der Waals surface area contributed by atoms with Crippen molar-refractivity contribution >= 4 is 11.9 Å². The van der Waals surface area contributed by atoms with Gasteiger partial charge in [-0.2, -0.15) is 0 Å². The van der Waals surface area contributed by atoms with Crippen LogP contribution in [0.25, 0.3) is 0 Å². The predicted molar refractivity (Wildman–Crippen MR) is 69.5 cm³/mol. The van der Waals surface area contributed by atoms with Gasteiger partial charge in [-0.05, 0) is 17.5 Å². The van der Waals surface area contributed by atoms with Crippen LogP contribution < -0.4 is 0 Å². The van der Waals surface area contributed by atoms with Gasteiger partial charge in [-0.3, -0.25) is 9.59 Å². The van der Waals surface area contributed by atoms with Crippen LogP contribution in [-0.2, 0) is 9.53 Å². The van der Waals surface area contributed by atoms with E-state index >= 15 is 0 Å². The zero-order chi connectivity index (χ0) is 13.7. The summed E-state index contributed by atoms with van der Waals surface area (Å²) in [5.74, 6) is -0.325. The Morgan fingerprint density at radius 3 is 2.44 bits per heavy atom. The molecule has 18 heavy (non-hydrogen) atoms. The lowest BCUT2D eigenvalue weighted by Crippen LogP contribution is -2.33. The lowest BCUT2D eigenvalue weighted by Gasteiger charge is -2.19. The van der Waals surface area contributed by atoms with Crippen molar-refractivity contribution in [2.75, 3.05) is 20.7 Å². The topological polar surface area (TPSA) is 46.6 Å². The molecule has 0 aliphatic heterocycles. The first-order valence-corrected chi connectivity index (χ1v) is 5.88. The molecule has 0 saturated carbocycles. The van der Waals surface area contributed by atoms with Gasteiger partial charge in [0.25, 0.3) is 5.91 Å². The fourth-order valence-corrected chi connectivity index (χ4v) is 1.73. The van der Waals surface area contributed by atoms with Crippen LogP contribution in [0, 0.1) is 0 Å². The van der Waals surface area contributed by atoms with Crippen LogP contribution >= 0.6 is 0 Å². The molecule has 0 unspecified atom stereocenters. The van der Waals surface area contributed by atoms with Gasteiger partial charge in [0.15, 0.2) is 0 Å². The summed E-state index contributed by atoms with van der Waals surface area (Å²) in [6.45, 7) is 4.03. The minimum absolute atomic E-state index is 0.0399. The Hall–Kier alpha value is -1.84.